The Morgan fingerprint density at radius 3 is 2.25 bits per heavy atom. The summed E-state index contributed by atoms with van der Waals surface area (Å²) in [6.07, 6.45) is -0.945. The van der Waals surface area contributed by atoms with Gasteiger partial charge in [0.05, 0.1) is 5.56 Å². The third-order valence-electron chi connectivity index (χ3n) is 2.95. The molecule has 0 saturated carbocycles. The maximum Gasteiger partial charge on any atom is 0.416 e. The Morgan fingerprint density at radius 1 is 1.06 bits per heavy atom. The number of hydrogen-bond acceptors (Lipinski definition) is 1. The third kappa shape index (κ3) is 2.55. The zero-order valence-electron chi connectivity index (χ0n) is 8.85. The summed E-state index contributed by atoms with van der Waals surface area (Å²) in [6.45, 7) is 0.950. The number of benzene rings is 1. The Bertz CT molecular complexity index is 336. The van der Waals surface area contributed by atoms with Crippen molar-refractivity contribution in [3.05, 3.63) is 35.4 Å². The average molecular weight is 229 g/mol. The van der Waals surface area contributed by atoms with E-state index in [4.69, 9.17) is 0 Å². The molecule has 1 aromatic carbocycles. The molecule has 1 N–H and O–H groups in total. The summed E-state index contributed by atoms with van der Waals surface area (Å²) in [5.41, 5.74) is 0.375. The number of hydrogen-bond donors (Lipinski definition) is 1. The Hall–Kier alpha value is -1.03. The molecule has 1 heterocycles. The summed E-state index contributed by atoms with van der Waals surface area (Å²) in [6, 6.07) is 5.69. The Labute approximate surface area is 92.7 Å². The molecule has 1 aliphatic rings. The topological polar surface area (TPSA) is 12.0 Å². The molecule has 0 aliphatic carbocycles. The fraction of sp³-hybridized carbons (Fsp3) is 0.500. The number of nitrogens with one attached hydrogen (secondary N) is 1. The van der Waals surface area contributed by atoms with E-state index in [2.05, 4.69) is 5.32 Å². The van der Waals surface area contributed by atoms with Gasteiger partial charge in [0.2, 0.25) is 0 Å². The van der Waals surface area contributed by atoms with E-state index in [-0.39, 0.29) is 6.04 Å². The van der Waals surface area contributed by atoms with Gasteiger partial charge in [-0.3, -0.25) is 0 Å². The molecular weight excluding hydrogens is 215 g/mol. The van der Waals surface area contributed by atoms with Crippen molar-refractivity contribution in [3.8, 4) is 0 Å². The van der Waals surface area contributed by atoms with Crippen molar-refractivity contribution in [1.82, 2.24) is 5.32 Å². The van der Waals surface area contributed by atoms with Crippen LogP contribution in [0.15, 0.2) is 24.3 Å². The molecule has 0 bridgehead atoms. The first-order chi connectivity index (χ1) is 7.57. The number of rotatable bonds is 1. The van der Waals surface area contributed by atoms with Gasteiger partial charge in [0, 0.05) is 6.04 Å². The first-order valence-electron chi connectivity index (χ1n) is 5.48. The lowest BCUT2D eigenvalue weighted by Gasteiger charge is -2.24. The number of halogens is 3. The lowest BCUT2D eigenvalue weighted by Crippen LogP contribution is -2.26. The van der Waals surface area contributed by atoms with Gasteiger partial charge < -0.3 is 5.32 Å². The van der Waals surface area contributed by atoms with Gasteiger partial charge in [-0.15, -0.1) is 0 Å². The zero-order chi connectivity index (χ0) is 11.6. The van der Waals surface area contributed by atoms with Gasteiger partial charge in [-0.05, 0) is 37.1 Å². The third-order valence-corrected chi connectivity index (χ3v) is 2.95. The summed E-state index contributed by atoms with van der Waals surface area (Å²) < 4.78 is 37.0. The van der Waals surface area contributed by atoms with Crippen molar-refractivity contribution < 1.29 is 13.2 Å². The maximum absolute atomic E-state index is 12.3. The maximum atomic E-state index is 12.3. The van der Waals surface area contributed by atoms with Crippen molar-refractivity contribution in [1.29, 1.82) is 0 Å². The molecule has 16 heavy (non-hydrogen) atoms. The first-order valence-corrected chi connectivity index (χ1v) is 5.48. The largest absolute Gasteiger partial charge is 0.416 e. The summed E-state index contributed by atoms with van der Waals surface area (Å²) in [5.74, 6) is 0. The molecule has 1 fully saturated rings. The van der Waals surface area contributed by atoms with Crippen LogP contribution in [0.2, 0.25) is 0 Å². The van der Waals surface area contributed by atoms with Crippen molar-refractivity contribution in [2.75, 3.05) is 6.54 Å². The van der Waals surface area contributed by atoms with Gasteiger partial charge in [-0.1, -0.05) is 18.6 Å². The molecule has 0 aromatic heterocycles. The van der Waals surface area contributed by atoms with Crippen LogP contribution in [0.5, 0.6) is 0 Å². The molecule has 0 unspecified atom stereocenters. The highest BCUT2D eigenvalue weighted by atomic mass is 19.4. The average Bonchev–Trinajstić information content (AvgIpc) is 2.29. The minimum Gasteiger partial charge on any atom is -0.310 e. The number of alkyl halides is 3. The Morgan fingerprint density at radius 2 is 1.75 bits per heavy atom. The van der Waals surface area contributed by atoms with Crippen LogP contribution in [0, 0.1) is 0 Å². The molecule has 4 heteroatoms. The van der Waals surface area contributed by atoms with Crippen LogP contribution >= 0.6 is 0 Å². The van der Waals surface area contributed by atoms with Crippen molar-refractivity contribution in [2.45, 2.75) is 31.5 Å². The summed E-state index contributed by atoms with van der Waals surface area (Å²) in [5, 5.41) is 3.31. The van der Waals surface area contributed by atoms with Crippen LogP contribution in [0.4, 0.5) is 13.2 Å². The van der Waals surface area contributed by atoms with Crippen LogP contribution in [-0.2, 0) is 6.18 Å². The molecule has 0 amide bonds. The molecule has 1 aromatic rings. The lowest BCUT2D eigenvalue weighted by atomic mass is 9.97. The molecule has 1 nitrogen and oxygen atoms in total. The second kappa shape index (κ2) is 4.45. The van der Waals surface area contributed by atoms with Gasteiger partial charge in [-0.2, -0.15) is 13.2 Å². The van der Waals surface area contributed by atoms with E-state index in [1.165, 1.54) is 0 Å². The highest BCUT2D eigenvalue weighted by Gasteiger charge is 2.30. The van der Waals surface area contributed by atoms with E-state index in [1.807, 2.05) is 0 Å². The molecule has 0 radical (unpaired) electrons. The van der Waals surface area contributed by atoms with E-state index >= 15 is 0 Å². The Kier molecular flexibility index (Phi) is 3.19. The van der Waals surface area contributed by atoms with Crippen LogP contribution < -0.4 is 5.32 Å². The van der Waals surface area contributed by atoms with Crippen LogP contribution in [0.3, 0.4) is 0 Å². The van der Waals surface area contributed by atoms with Gasteiger partial charge in [0.1, 0.15) is 0 Å². The van der Waals surface area contributed by atoms with E-state index in [0.717, 1.165) is 43.5 Å². The molecule has 1 saturated heterocycles. The summed E-state index contributed by atoms with van der Waals surface area (Å²) in [4.78, 5) is 0. The Balaban J connectivity index is 2.12. The smallest absolute Gasteiger partial charge is 0.310 e. The summed E-state index contributed by atoms with van der Waals surface area (Å²) >= 11 is 0. The predicted octanol–water partition coefficient (Wildman–Crippen LogP) is 3.52. The van der Waals surface area contributed by atoms with Crippen LogP contribution in [-0.4, -0.2) is 6.54 Å². The minimum atomic E-state index is -4.24. The predicted molar refractivity (Wildman–Crippen MR) is 56.0 cm³/mol. The van der Waals surface area contributed by atoms with Crippen LogP contribution in [0.25, 0.3) is 0 Å². The van der Waals surface area contributed by atoms with Gasteiger partial charge in [-0.25, -0.2) is 0 Å². The zero-order valence-corrected chi connectivity index (χ0v) is 8.85. The van der Waals surface area contributed by atoms with Gasteiger partial charge >= 0.3 is 6.18 Å². The minimum absolute atomic E-state index is 0.219. The van der Waals surface area contributed by atoms with Crippen molar-refractivity contribution in [2.24, 2.45) is 0 Å². The van der Waals surface area contributed by atoms with Crippen molar-refractivity contribution >= 4 is 0 Å². The van der Waals surface area contributed by atoms with E-state index in [9.17, 15) is 13.2 Å². The second-order valence-corrected chi connectivity index (χ2v) is 4.12. The monoisotopic (exact) mass is 229 g/mol. The second-order valence-electron chi connectivity index (χ2n) is 4.12. The fourth-order valence-corrected chi connectivity index (χ4v) is 2.04. The normalized spacial score (nSPS) is 22.1. The van der Waals surface area contributed by atoms with Gasteiger partial charge in [0.15, 0.2) is 0 Å². The first kappa shape index (κ1) is 11.5. The molecule has 1 atom stereocenters. The van der Waals surface area contributed by atoms with Gasteiger partial charge in [0.25, 0.3) is 0 Å². The fourth-order valence-electron chi connectivity index (χ4n) is 2.04. The quantitative estimate of drug-likeness (QED) is 0.776. The molecular formula is C12H14F3N. The van der Waals surface area contributed by atoms with Crippen LogP contribution in [0.1, 0.15) is 36.4 Å². The highest BCUT2D eigenvalue weighted by molar-refractivity contribution is 5.27. The molecule has 2 rings (SSSR count). The summed E-state index contributed by atoms with van der Waals surface area (Å²) in [7, 11) is 0. The van der Waals surface area contributed by atoms with Crippen molar-refractivity contribution in [3.63, 3.8) is 0 Å². The SMILES string of the molecule is FC(F)(F)c1ccc([C@H]2CCCCN2)cc1. The molecule has 1 aliphatic heterocycles. The van der Waals surface area contributed by atoms with E-state index < -0.39 is 11.7 Å². The standard InChI is InChI=1S/C12H14F3N/c13-12(14,15)10-6-4-9(5-7-10)11-3-1-2-8-16-11/h4-7,11,16H,1-3,8H2/t11-/m1/s1. The number of piperidine rings is 1. The van der Waals surface area contributed by atoms with E-state index in [1.54, 1.807) is 12.1 Å². The molecule has 88 valence electrons. The lowest BCUT2D eigenvalue weighted by molar-refractivity contribution is -0.137. The van der Waals surface area contributed by atoms with E-state index in [0.29, 0.717) is 0 Å². The molecule has 0 spiro atoms. The highest BCUT2D eigenvalue weighted by Crippen LogP contribution is 2.31.